The summed E-state index contributed by atoms with van der Waals surface area (Å²) in [7, 11) is 1.67. The van der Waals surface area contributed by atoms with E-state index in [2.05, 4.69) is 12.6 Å². The van der Waals surface area contributed by atoms with Crippen LogP contribution in [-0.4, -0.2) is 19.5 Å². The van der Waals surface area contributed by atoms with E-state index in [1.54, 1.807) is 7.11 Å². The first-order valence-electron chi connectivity index (χ1n) is 5.18. The van der Waals surface area contributed by atoms with Crippen LogP contribution in [0, 0.1) is 0 Å². The highest BCUT2D eigenvalue weighted by molar-refractivity contribution is 7.80. The Balaban J connectivity index is 2.20. The molecule has 84 valence electrons. The molecule has 0 aliphatic heterocycles. The summed E-state index contributed by atoms with van der Waals surface area (Å²) >= 11 is 4.15. The standard InChI is InChI=1S/C12H18O2S/c1-13-12-6-4-11(5-7-12)10-14-8-2-3-9-15/h4-7,15H,2-3,8-10H2,1H3. The van der Waals surface area contributed by atoms with Crippen molar-refractivity contribution in [1.29, 1.82) is 0 Å². The number of unbranched alkanes of at least 4 members (excludes halogenated alkanes) is 1. The Kier molecular flexibility index (Phi) is 6.28. The minimum absolute atomic E-state index is 0.677. The molecule has 0 heterocycles. The van der Waals surface area contributed by atoms with Crippen molar-refractivity contribution in [3.63, 3.8) is 0 Å². The van der Waals surface area contributed by atoms with Crippen LogP contribution >= 0.6 is 12.6 Å². The number of benzene rings is 1. The molecule has 15 heavy (non-hydrogen) atoms. The molecule has 0 amide bonds. The van der Waals surface area contributed by atoms with E-state index in [1.165, 1.54) is 5.56 Å². The predicted octanol–water partition coefficient (Wildman–Crippen LogP) is 2.92. The highest BCUT2D eigenvalue weighted by Crippen LogP contribution is 2.11. The van der Waals surface area contributed by atoms with Crippen molar-refractivity contribution in [1.82, 2.24) is 0 Å². The van der Waals surface area contributed by atoms with Gasteiger partial charge in [0.05, 0.1) is 13.7 Å². The van der Waals surface area contributed by atoms with Gasteiger partial charge < -0.3 is 9.47 Å². The molecular formula is C12H18O2S. The summed E-state index contributed by atoms with van der Waals surface area (Å²) in [6.07, 6.45) is 2.20. The van der Waals surface area contributed by atoms with Gasteiger partial charge in [0.15, 0.2) is 0 Å². The molecule has 1 aromatic carbocycles. The molecule has 0 spiro atoms. The monoisotopic (exact) mass is 226 g/mol. The minimum Gasteiger partial charge on any atom is -0.497 e. The molecule has 0 radical (unpaired) electrons. The SMILES string of the molecule is COc1ccc(COCCCCS)cc1. The quantitative estimate of drug-likeness (QED) is 0.569. The van der Waals surface area contributed by atoms with Crippen LogP contribution in [0.15, 0.2) is 24.3 Å². The van der Waals surface area contributed by atoms with Gasteiger partial charge in [-0.2, -0.15) is 12.6 Å². The first kappa shape index (κ1) is 12.4. The lowest BCUT2D eigenvalue weighted by Gasteiger charge is -2.04. The Hall–Kier alpha value is -0.670. The molecule has 0 atom stereocenters. The van der Waals surface area contributed by atoms with Gasteiger partial charge in [-0.05, 0) is 36.3 Å². The molecule has 0 saturated heterocycles. The van der Waals surface area contributed by atoms with Crippen molar-refractivity contribution < 1.29 is 9.47 Å². The van der Waals surface area contributed by atoms with Crippen molar-refractivity contribution in [2.45, 2.75) is 19.4 Å². The Morgan fingerprint density at radius 2 is 1.87 bits per heavy atom. The van der Waals surface area contributed by atoms with Gasteiger partial charge in [0.2, 0.25) is 0 Å². The van der Waals surface area contributed by atoms with E-state index < -0.39 is 0 Å². The molecule has 0 bridgehead atoms. The largest absolute Gasteiger partial charge is 0.497 e. The Morgan fingerprint density at radius 1 is 1.13 bits per heavy atom. The van der Waals surface area contributed by atoms with Crippen molar-refractivity contribution in [3.8, 4) is 5.75 Å². The van der Waals surface area contributed by atoms with Gasteiger partial charge in [-0.15, -0.1) is 0 Å². The molecule has 1 aromatic rings. The highest BCUT2D eigenvalue weighted by atomic mass is 32.1. The van der Waals surface area contributed by atoms with Crippen LogP contribution in [0.3, 0.4) is 0 Å². The van der Waals surface area contributed by atoms with E-state index in [0.717, 1.165) is 31.0 Å². The number of hydrogen-bond donors (Lipinski definition) is 1. The third kappa shape index (κ3) is 5.09. The Labute approximate surface area is 97.0 Å². The van der Waals surface area contributed by atoms with Gasteiger partial charge in [0, 0.05) is 6.61 Å². The summed E-state index contributed by atoms with van der Waals surface area (Å²) in [4.78, 5) is 0. The fourth-order valence-corrected chi connectivity index (χ4v) is 1.45. The maximum atomic E-state index is 5.52. The maximum Gasteiger partial charge on any atom is 0.118 e. The summed E-state index contributed by atoms with van der Waals surface area (Å²) in [5.74, 6) is 1.82. The molecular weight excluding hydrogens is 208 g/mol. The highest BCUT2D eigenvalue weighted by Gasteiger charge is 1.94. The van der Waals surface area contributed by atoms with E-state index in [9.17, 15) is 0 Å². The lowest BCUT2D eigenvalue weighted by atomic mass is 10.2. The molecule has 0 aromatic heterocycles. The van der Waals surface area contributed by atoms with E-state index in [1.807, 2.05) is 24.3 Å². The molecule has 0 aliphatic carbocycles. The fraction of sp³-hybridized carbons (Fsp3) is 0.500. The second kappa shape index (κ2) is 7.60. The predicted molar refractivity (Wildman–Crippen MR) is 65.7 cm³/mol. The minimum atomic E-state index is 0.677. The third-order valence-corrected chi connectivity index (χ3v) is 2.44. The number of methoxy groups -OCH3 is 1. The van der Waals surface area contributed by atoms with Gasteiger partial charge in [0.1, 0.15) is 5.75 Å². The normalized spacial score (nSPS) is 10.3. The van der Waals surface area contributed by atoms with Crippen molar-refractivity contribution in [3.05, 3.63) is 29.8 Å². The first-order valence-corrected chi connectivity index (χ1v) is 5.81. The van der Waals surface area contributed by atoms with Gasteiger partial charge >= 0.3 is 0 Å². The molecule has 0 aliphatic rings. The van der Waals surface area contributed by atoms with Crippen molar-refractivity contribution in [2.24, 2.45) is 0 Å². The van der Waals surface area contributed by atoms with Crippen LogP contribution in [0.4, 0.5) is 0 Å². The van der Waals surface area contributed by atoms with Crippen LogP contribution < -0.4 is 4.74 Å². The van der Waals surface area contributed by atoms with Crippen molar-refractivity contribution in [2.75, 3.05) is 19.5 Å². The van der Waals surface area contributed by atoms with Gasteiger partial charge in [-0.25, -0.2) is 0 Å². The topological polar surface area (TPSA) is 18.5 Å². The molecule has 0 fully saturated rings. The summed E-state index contributed by atoms with van der Waals surface area (Å²) < 4.78 is 10.6. The molecule has 1 rings (SSSR count). The average Bonchev–Trinajstić information content (AvgIpc) is 2.30. The van der Waals surface area contributed by atoms with E-state index in [-0.39, 0.29) is 0 Å². The third-order valence-electron chi connectivity index (χ3n) is 2.12. The summed E-state index contributed by atoms with van der Waals surface area (Å²) in [5, 5.41) is 0. The van der Waals surface area contributed by atoms with Crippen LogP contribution in [-0.2, 0) is 11.3 Å². The zero-order valence-corrected chi connectivity index (χ0v) is 10.0. The van der Waals surface area contributed by atoms with E-state index in [4.69, 9.17) is 9.47 Å². The van der Waals surface area contributed by atoms with Crippen LogP contribution in [0.5, 0.6) is 5.75 Å². The average molecular weight is 226 g/mol. The smallest absolute Gasteiger partial charge is 0.118 e. The zero-order chi connectivity index (χ0) is 10.9. The van der Waals surface area contributed by atoms with Gasteiger partial charge in [-0.1, -0.05) is 12.1 Å². The second-order valence-electron chi connectivity index (χ2n) is 3.33. The molecule has 0 unspecified atom stereocenters. The second-order valence-corrected chi connectivity index (χ2v) is 3.78. The summed E-state index contributed by atoms with van der Waals surface area (Å²) in [6.45, 7) is 1.49. The number of ether oxygens (including phenoxy) is 2. The molecule has 0 N–H and O–H groups in total. The molecule has 0 saturated carbocycles. The fourth-order valence-electron chi connectivity index (χ4n) is 1.23. The van der Waals surface area contributed by atoms with Crippen molar-refractivity contribution >= 4 is 12.6 Å². The lowest BCUT2D eigenvalue weighted by Crippen LogP contribution is -1.96. The maximum absolute atomic E-state index is 5.52. The molecule has 3 heteroatoms. The van der Waals surface area contributed by atoms with Crippen LogP contribution in [0.1, 0.15) is 18.4 Å². The summed E-state index contributed by atoms with van der Waals surface area (Å²) in [5.41, 5.74) is 1.18. The summed E-state index contributed by atoms with van der Waals surface area (Å²) in [6, 6.07) is 7.95. The number of hydrogen-bond acceptors (Lipinski definition) is 3. The van der Waals surface area contributed by atoms with Crippen LogP contribution in [0.25, 0.3) is 0 Å². The van der Waals surface area contributed by atoms with Crippen LogP contribution in [0.2, 0.25) is 0 Å². The molecule has 2 nitrogen and oxygen atoms in total. The Morgan fingerprint density at radius 3 is 2.47 bits per heavy atom. The Bertz CT molecular complexity index is 259. The van der Waals surface area contributed by atoms with E-state index in [0.29, 0.717) is 6.61 Å². The lowest BCUT2D eigenvalue weighted by molar-refractivity contribution is 0.118. The van der Waals surface area contributed by atoms with E-state index >= 15 is 0 Å². The van der Waals surface area contributed by atoms with Gasteiger partial charge in [0.25, 0.3) is 0 Å². The van der Waals surface area contributed by atoms with Gasteiger partial charge in [-0.3, -0.25) is 0 Å². The number of rotatable bonds is 7. The first-order chi connectivity index (χ1) is 7.36. The number of thiol groups is 1. The zero-order valence-electron chi connectivity index (χ0n) is 9.11.